The van der Waals surface area contributed by atoms with Crippen LogP contribution in [-0.2, 0) is 0 Å². The molecule has 86 valence electrons. The molecule has 0 rings (SSSR count). The molecule has 0 amide bonds. The standard InChI is InChI=1S/C14H30/c1-10(2)13(7)9-14(8,11(3)4)12(5)6/h10-13H,9H2,1-8H3/t13-/m1/s1. The SMILES string of the molecule is CC(C)[C@H](C)CC(C)(C(C)C)C(C)C. The molecule has 0 saturated carbocycles. The third-order valence-electron chi connectivity index (χ3n) is 4.54. The van der Waals surface area contributed by atoms with Crippen LogP contribution in [0.3, 0.4) is 0 Å². The first-order valence-corrected chi connectivity index (χ1v) is 6.21. The van der Waals surface area contributed by atoms with Crippen LogP contribution in [0.2, 0.25) is 0 Å². The summed E-state index contributed by atoms with van der Waals surface area (Å²) in [6, 6.07) is 0. The minimum Gasteiger partial charge on any atom is -0.0625 e. The summed E-state index contributed by atoms with van der Waals surface area (Å²) in [4.78, 5) is 0. The van der Waals surface area contributed by atoms with Crippen LogP contribution < -0.4 is 0 Å². The van der Waals surface area contributed by atoms with E-state index in [1.807, 2.05) is 0 Å². The summed E-state index contributed by atoms with van der Waals surface area (Å²) in [7, 11) is 0. The van der Waals surface area contributed by atoms with E-state index in [9.17, 15) is 0 Å². The molecule has 0 aliphatic heterocycles. The van der Waals surface area contributed by atoms with Crippen molar-refractivity contribution in [2.75, 3.05) is 0 Å². The van der Waals surface area contributed by atoms with E-state index in [1.165, 1.54) is 6.42 Å². The van der Waals surface area contributed by atoms with E-state index in [1.54, 1.807) is 0 Å². The molecule has 0 saturated heterocycles. The van der Waals surface area contributed by atoms with Crippen LogP contribution in [0.1, 0.15) is 61.8 Å². The molecule has 0 nitrogen and oxygen atoms in total. The lowest BCUT2D eigenvalue weighted by Crippen LogP contribution is -2.32. The van der Waals surface area contributed by atoms with Gasteiger partial charge in [-0.05, 0) is 35.5 Å². The minimum absolute atomic E-state index is 0.504. The Morgan fingerprint density at radius 1 is 0.786 bits per heavy atom. The second-order valence-corrected chi connectivity index (χ2v) is 6.24. The van der Waals surface area contributed by atoms with Gasteiger partial charge in [0.1, 0.15) is 0 Å². The third kappa shape index (κ3) is 3.29. The van der Waals surface area contributed by atoms with E-state index in [4.69, 9.17) is 0 Å². The normalized spacial score (nSPS) is 15.6. The van der Waals surface area contributed by atoms with Crippen LogP contribution in [0.4, 0.5) is 0 Å². The summed E-state index contributed by atoms with van der Waals surface area (Å²) >= 11 is 0. The molecule has 0 N–H and O–H groups in total. The Morgan fingerprint density at radius 2 is 1.14 bits per heavy atom. The molecule has 0 radical (unpaired) electrons. The van der Waals surface area contributed by atoms with Gasteiger partial charge in [0.15, 0.2) is 0 Å². The molecule has 0 aliphatic carbocycles. The fourth-order valence-electron chi connectivity index (χ4n) is 2.07. The fraction of sp³-hybridized carbons (Fsp3) is 1.00. The summed E-state index contributed by atoms with van der Waals surface area (Å²) < 4.78 is 0. The quantitative estimate of drug-likeness (QED) is 0.584. The molecular formula is C14H30. The van der Waals surface area contributed by atoms with Gasteiger partial charge < -0.3 is 0 Å². The molecule has 0 fully saturated rings. The maximum absolute atomic E-state index is 2.46. The van der Waals surface area contributed by atoms with Crippen molar-refractivity contribution in [1.29, 1.82) is 0 Å². The highest BCUT2D eigenvalue weighted by molar-refractivity contribution is 4.83. The lowest BCUT2D eigenvalue weighted by atomic mass is 9.65. The van der Waals surface area contributed by atoms with Gasteiger partial charge in [-0.15, -0.1) is 0 Å². The highest BCUT2D eigenvalue weighted by Crippen LogP contribution is 2.42. The van der Waals surface area contributed by atoms with Crippen molar-refractivity contribution in [3.8, 4) is 0 Å². The molecule has 0 spiro atoms. The largest absolute Gasteiger partial charge is 0.0625 e. The summed E-state index contributed by atoms with van der Waals surface area (Å²) in [5.74, 6) is 3.21. The average Bonchev–Trinajstić information content (AvgIpc) is 2.02. The smallest absolute Gasteiger partial charge is 0.0277 e. The maximum Gasteiger partial charge on any atom is -0.0277 e. The van der Waals surface area contributed by atoms with Gasteiger partial charge >= 0.3 is 0 Å². The molecule has 0 aromatic rings. The van der Waals surface area contributed by atoms with Crippen LogP contribution in [0.25, 0.3) is 0 Å². The molecule has 0 aromatic carbocycles. The first-order chi connectivity index (χ1) is 6.21. The zero-order valence-electron chi connectivity index (χ0n) is 11.5. The predicted octanol–water partition coefficient (Wildman–Crippen LogP) is 4.99. The predicted molar refractivity (Wildman–Crippen MR) is 66.4 cm³/mol. The molecule has 0 unspecified atom stereocenters. The number of rotatable bonds is 5. The number of hydrogen-bond donors (Lipinski definition) is 0. The minimum atomic E-state index is 0.504. The highest BCUT2D eigenvalue weighted by Gasteiger charge is 2.33. The van der Waals surface area contributed by atoms with E-state index >= 15 is 0 Å². The van der Waals surface area contributed by atoms with Gasteiger partial charge in [0.2, 0.25) is 0 Å². The third-order valence-corrected chi connectivity index (χ3v) is 4.54. The van der Waals surface area contributed by atoms with Crippen LogP contribution >= 0.6 is 0 Å². The van der Waals surface area contributed by atoms with E-state index in [2.05, 4.69) is 55.4 Å². The van der Waals surface area contributed by atoms with Gasteiger partial charge in [-0.2, -0.15) is 0 Å². The van der Waals surface area contributed by atoms with Crippen LogP contribution in [0, 0.1) is 29.1 Å². The fourth-order valence-corrected chi connectivity index (χ4v) is 2.07. The van der Waals surface area contributed by atoms with E-state index in [0.717, 1.165) is 23.7 Å². The second kappa shape index (κ2) is 5.19. The molecular weight excluding hydrogens is 168 g/mol. The lowest BCUT2D eigenvalue weighted by molar-refractivity contribution is 0.0888. The molecule has 1 atom stereocenters. The molecule has 0 bridgehead atoms. The van der Waals surface area contributed by atoms with Crippen LogP contribution in [0.15, 0.2) is 0 Å². The molecule has 0 aliphatic rings. The van der Waals surface area contributed by atoms with Crippen molar-refractivity contribution in [3.63, 3.8) is 0 Å². The van der Waals surface area contributed by atoms with E-state index < -0.39 is 0 Å². The van der Waals surface area contributed by atoms with Crippen molar-refractivity contribution >= 4 is 0 Å². The van der Waals surface area contributed by atoms with Crippen LogP contribution in [-0.4, -0.2) is 0 Å². The van der Waals surface area contributed by atoms with Crippen molar-refractivity contribution in [2.45, 2.75) is 61.8 Å². The zero-order chi connectivity index (χ0) is 11.5. The van der Waals surface area contributed by atoms with Gasteiger partial charge in [0, 0.05) is 0 Å². The van der Waals surface area contributed by atoms with E-state index in [-0.39, 0.29) is 0 Å². The Morgan fingerprint density at radius 3 is 1.36 bits per heavy atom. The summed E-state index contributed by atoms with van der Waals surface area (Å²) in [6.45, 7) is 19.0. The Balaban J connectivity index is 4.53. The van der Waals surface area contributed by atoms with Crippen molar-refractivity contribution in [1.82, 2.24) is 0 Å². The van der Waals surface area contributed by atoms with Gasteiger partial charge in [-0.25, -0.2) is 0 Å². The Hall–Kier alpha value is 0. The lowest BCUT2D eigenvalue weighted by Gasteiger charge is -2.41. The van der Waals surface area contributed by atoms with Gasteiger partial charge in [-0.3, -0.25) is 0 Å². The van der Waals surface area contributed by atoms with Crippen molar-refractivity contribution in [2.24, 2.45) is 29.1 Å². The summed E-state index contributed by atoms with van der Waals surface area (Å²) in [6.07, 6.45) is 1.36. The van der Waals surface area contributed by atoms with Gasteiger partial charge in [0.25, 0.3) is 0 Å². The summed E-state index contributed by atoms with van der Waals surface area (Å²) in [5.41, 5.74) is 0.504. The Labute approximate surface area is 91.5 Å². The monoisotopic (exact) mass is 198 g/mol. The van der Waals surface area contributed by atoms with Crippen molar-refractivity contribution < 1.29 is 0 Å². The summed E-state index contributed by atoms with van der Waals surface area (Å²) in [5, 5.41) is 0. The average molecular weight is 198 g/mol. The van der Waals surface area contributed by atoms with E-state index in [0.29, 0.717) is 5.41 Å². The molecule has 0 heterocycles. The first-order valence-electron chi connectivity index (χ1n) is 6.21. The number of hydrogen-bond acceptors (Lipinski definition) is 0. The first kappa shape index (κ1) is 14.0. The Bertz CT molecular complexity index is 145. The Kier molecular flexibility index (Phi) is 5.19. The molecule has 14 heavy (non-hydrogen) atoms. The topological polar surface area (TPSA) is 0 Å². The molecule has 0 heteroatoms. The zero-order valence-corrected chi connectivity index (χ0v) is 11.5. The van der Waals surface area contributed by atoms with Gasteiger partial charge in [0.05, 0.1) is 0 Å². The van der Waals surface area contributed by atoms with Crippen LogP contribution in [0.5, 0.6) is 0 Å². The highest BCUT2D eigenvalue weighted by atomic mass is 14.4. The van der Waals surface area contributed by atoms with Crippen molar-refractivity contribution in [3.05, 3.63) is 0 Å². The maximum atomic E-state index is 2.46. The molecule has 0 aromatic heterocycles. The second-order valence-electron chi connectivity index (χ2n) is 6.24. The van der Waals surface area contributed by atoms with Gasteiger partial charge in [-0.1, -0.05) is 55.4 Å².